The Labute approximate surface area is 164 Å². The number of aromatic nitrogens is 2. The van der Waals surface area contributed by atoms with Gasteiger partial charge in [-0.15, -0.1) is 11.3 Å². The molecule has 0 spiro atoms. The Bertz CT molecular complexity index is 1220. The lowest BCUT2D eigenvalue weighted by Gasteiger charge is -2.10. The molecule has 3 aromatic heterocycles. The van der Waals surface area contributed by atoms with Crippen molar-refractivity contribution in [3.05, 3.63) is 52.6 Å². The number of nitrogens with one attached hydrogen (secondary N) is 2. The Morgan fingerprint density at radius 1 is 1.22 bits per heavy atom. The lowest BCUT2D eigenvalue weighted by atomic mass is 10.1. The maximum absolute atomic E-state index is 12.5. The van der Waals surface area contributed by atoms with Gasteiger partial charge in [0.1, 0.15) is 4.88 Å². The number of thiophene rings is 1. The first-order chi connectivity index (χ1) is 13.1. The lowest BCUT2D eigenvalue weighted by molar-refractivity contribution is 0.0949. The number of anilines is 1. The van der Waals surface area contributed by atoms with Crippen LogP contribution in [0.15, 0.2) is 42.7 Å². The van der Waals surface area contributed by atoms with Crippen LogP contribution in [0.25, 0.3) is 32.2 Å². The molecule has 5 nitrogen and oxygen atoms in total. The second-order valence-electron chi connectivity index (χ2n) is 6.66. The van der Waals surface area contributed by atoms with Gasteiger partial charge < -0.3 is 10.6 Å². The molecule has 5 rings (SSSR count). The van der Waals surface area contributed by atoms with Gasteiger partial charge in [0.2, 0.25) is 0 Å². The molecule has 134 valence electrons. The quantitative estimate of drug-likeness (QED) is 0.490. The van der Waals surface area contributed by atoms with E-state index in [1.807, 2.05) is 31.2 Å². The van der Waals surface area contributed by atoms with Gasteiger partial charge in [-0.05, 0) is 37.3 Å². The highest BCUT2D eigenvalue weighted by atomic mass is 35.5. The molecule has 4 aromatic rings. The molecule has 1 aliphatic heterocycles. The van der Waals surface area contributed by atoms with Gasteiger partial charge in [-0.2, -0.15) is 0 Å². The molecule has 0 saturated heterocycles. The van der Waals surface area contributed by atoms with Gasteiger partial charge in [-0.1, -0.05) is 11.6 Å². The number of fused-ring (bicyclic) bond motifs is 5. The van der Waals surface area contributed by atoms with Crippen LogP contribution in [0.2, 0.25) is 5.02 Å². The molecule has 0 unspecified atom stereocenters. The molecule has 4 heterocycles. The summed E-state index contributed by atoms with van der Waals surface area (Å²) in [6.07, 6.45) is 3.36. The van der Waals surface area contributed by atoms with Gasteiger partial charge in [-0.25, -0.2) is 4.98 Å². The summed E-state index contributed by atoms with van der Waals surface area (Å²) in [4.78, 5) is 22.2. The molecule has 1 atom stereocenters. The molecule has 0 fully saturated rings. The predicted octanol–water partition coefficient (Wildman–Crippen LogP) is 4.71. The molecule has 27 heavy (non-hydrogen) atoms. The molecule has 1 aromatic carbocycles. The van der Waals surface area contributed by atoms with E-state index in [2.05, 4.69) is 21.7 Å². The normalized spacial score (nSPS) is 16.7. The van der Waals surface area contributed by atoms with Gasteiger partial charge in [-0.3, -0.25) is 9.78 Å². The van der Waals surface area contributed by atoms with Gasteiger partial charge in [0.25, 0.3) is 5.91 Å². The van der Waals surface area contributed by atoms with Crippen molar-refractivity contribution in [2.24, 2.45) is 0 Å². The largest absolute Gasteiger partial charge is 0.381 e. The van der Waals surface area contributed by atoms with E-state index >= 15 is 0 Å². The number of carbonyl (C=O) groups excluding carboxylic acids is 1. The third-order valence-corrected chi connectivity index (χ3v) is 6.05. The van der Waals surface area contributed by atoms with Crippen molar-refractivity contribution in [2.75, 3.05) is 11.9 Å². The number of halogens is 1. The van der Waals surface area contributed by atoms with E-state index in [0.29, 0.717) is 11.6 Å². The number of pyridine rings is 2. The van der Waals surface area contributed by atoms with Crippen molar-refractivity contribution >= 4 is 55.5 Å². The van der Waals surface area contributed by atoms with Gasteiger partial charge >= 0.3 is 0 Å². The molecule has 1 aliphatic rings. The first kappa shape index (κ1) is 16.5. The highest BCUT2D eigenvalue weighted by Gasteiger charge is 2.24. The van der Waals surface area contributed by atoms with Gasteiger partial charge in [0.05, 0.1) is 21.9 Å². The van der Waals surface area contributed by atoms with E-state index in [-0.39, 0.29) is 11.9 Å². The van der Waals surface area contributed by atoms with E-state index in [1.165, 1.54) is 11.3 Å². The summed E-state index contributed by atoms with van der Waals surface area (Å²) >= 11 is 7.57. The minimum absolute atomic E-state index is 0.0218. The highest BCUT2D eigenvalue weighted by molar-refractivity contribution is 7.21. The Morgan fingerprint density at radius 2 is 2.11 bits per heavy atom. The van der Waals surface area contributed by atoms with E-state index in [1.54, 1.807) is 12.4 Å². The van der Waals surface area contributed by atoms with E-state index in [0.717, 1.165) is 42.8 Å². The average molecular weight is 395 g/mol. The predicted molar refractivity (Wildman–Crippen MR) is 111 cm³/mol. The minimum atomic E-state index is -0.0218. The van der Waals surface area contributed by atoms with Crippen LogP contribution >= 0.6 is 22.9 Å². The molecular formula is C20H15ClN4OS. The fourth-order valence-electron chi connectivity index (χ4n) is 3.44. The average Bonchev–Trinajstić information content (AvgIpc) is 2.98. The lowest BCUT2D eigenvalue weighted by Crippen LogP contribution is -2.34. The van der Waals surface area contributed by atoms with Crippen molar-refractivity contribution in [1.82, 2.24) is 15.3 Å². The molecular weight excluding hydrogens is 380 g/mol. The first-order valence-corrected chi connectivity index (χ1v) is 9.81. The second kappa shape index (κ2) is 6.18. The summed E-state index contributed by atoms with van der Waals surface area (Å²) in [6, 6.07) is 9.99. The summed E-state index contributed by atoms with van der Waals surface area (Å²) in [5, 5.41) is 9.13. The van der Waals surface area contributed by atoms with Gasteiger partial charge in [0.15, 0.2) is 0 Å². The Balaban J connectivity index is 1.73. The number of nitrogens with zero attached hydrogens (tertiary/aromatic N) is 2. The fourth-order valence-corrected chi connectivity index (χ4v) is 4.71. The SMILES string of the molecule is C[C@@H]1CNc2c(sc3ccc4nc(-c5cncc(Cl)c5)ccc4c23)C(=O)N1. The van der Waals surface area contributed by atoms with E-state index in [4.69, 9.17) is 16.6 Å². The molecule has 2 N–H and O–H groups in total. The standard InChI is InChI=1S/C20H15ClN4OS/c1-10-7-23-18-17-13-2-3-14(11-6-12(21)9-22-8-11)25-15(13)4-5-16(17)27-19(18)20(26)24-10/h2-6,8-10,23H,7H2,1H3,(H,24,26)/t10-/m1/s1. The van der Waals surface area contributed by atoms with Crippen molar-refractivity contribution in [1.29, 1.82) is 0 Å². The van der Waals surface area contributed by atoms with Crippen LogP contribution in [0, 0.1) is 0 Å². The Kier molecular flexibility index (Phi) is 3.77. The van der Waals surface area contributed by atoms with Gasteiger partial charge in [0, 0.05) is 46.0 Å². The van der Waals surface area contributed by atoms with Crippen LogP contribution in [0.1, 0.15) is 16.6 Å². The van der Waals surface area contributed by atoms with Crippen molar-refractivity contribution in [3.63, 3.8) is 0 Å². The summed E-state index contributed by atoms with van der Waals surface area (Å²) < 4.78 is 1.07. The maximum atomic E-state index is 12.5. The number of carbonyl (C=O) groups is 1. The van der Waals surface area contributed by atoms with Crippen LogP contribution in [-0.4, -0.2) is 28.5 Å². The third kappa shape index (κ3) is 2.72. The van der Waals surface area contributed by atoms with E-state index in [9.17, 15) is 4.79 Å². The van der Waals surface area contributed by atoms with Crippen LogP contribution in [-0.2, 0) is 0 Å². The topological polar surface area (TPSA) is 66.9 Å². The molecule has 0 saturated carbocycles. The minimum Gasteiger partial charge on any atom is -0.381 e. The summed E-state index contributed by atoms with van der Waals surface area (Å²) in [6.45, 7) is 2.69. The number of hydrogen-bond donors (Lipinski definition) is 2. The summed E-state index contributed by atoms with van der Waals surface area (Å²) in [5.41, 5.74) is 3.47. The first-order valence-electron chi connectivity index (χ1n) is 8.62. The summed E-state index contributed by atoms with van der Waals surface area (Å²) in [5.74, 6) is -0.0218. The third-order valence-electron chi connectivity index (χ3n) is 4.69. The molecule has 1 amide bonds. The fraction of sp³-hybridized carbons (Fsp3) is 0.150. The Morgan fingerprint density at radius 3 is 2.96 bits per heavy atom. The van der Waals surface area contributed by atoms with Crippen LogP contribution in [0.3, 0.4) is 0 Å². The number of benzene rings is 1. The van der Waals surface area contributed by atoms with Crippen LogP contribution in [0.5, 0.6) is 0 Å². The molecule has 0 radical (unpaired) electrons. The van der Waals surface area contributed by atoms with Crippen molar-refractivity contribution in [3.8, 4) is 11.3 Å². The van der Waals surface area contributed by atoms with Crippen LogP contribution in [0.4, 0.5) is 5.69 Å². The molecule has 0 aliphatic carbocycles. The highest BCUT2D eigenvalue weighted by Crippen LogP contribution is 2.41. The second-order valence-corrected chi connectivity index (χ2v) is 8.14. The zero-order valence-corrected chi connectivity index (χ0v) is 16.0. The maximum Gasteiger partial charge on any atom is 0.263 e. The zero-order valence-electron chi connectivity index (χ0n) is 14.4. The number of amides is 1. The van der Waals surface area contributed by atoms with Crippen molar-refractivity contribution < 1.29 is 4.79 Å². The van der Waals surface area contributed by atoms with Crippen LogP contribution < -0.4 is 10.6 Å². The molecule has 0 bridgehead atoms. The zero-order chi connectivity index (χ0) is 18.5. The van der Waals surface area contributed by atoms with E-state index < -0.39 is 0 Å². The molecule has 7 heteroatoms. The number of rotatable bonds is 1. The van der Waals surface area contributed by atoms with Crippen molar-refractivity contribution in [2.45, 2.75) is 13.0 Å². The Hall–Kier alpha value is -2.70. The smallest absolute Gasteiger partial charge is 0.263 e. The monoisotopic (exact) mass is 394 g/mol. The summed E-state index contributed by atoms with van der Waals surface area (Å²) in [7, 11) is 0. The number of hydrogen-bond acceptors (Lipinski definition) is 5.